The van der Waals surface area contributed by atoms with Crippen molar-refractivity contribution in [3.05, 3.63) is 24.3 Å². The van der Waals surface area contributed by atoms with Crippen LogP contribution in [-0.2, 0) is 0 Å². The summed E-state index contributed by atoms with van der Waals surface area (Å²) in [6.07, 6.45) is 2.33. The Morgan fingerprint density at radius 3 is 2.56 bits per heavy atom. The van der Waals surface area contributed by atoms with Gasteiger partial charge in [0, 0.05) is 12.1 Å². The topological polar surface area (TPSA) is 44.5 Å². The highest BCUT2D eigenvalue weighted by molar-refractivity contribution is 5.33. The van der Waals surface area contributed by atoms with Crippen LogP contribution in [0.15, 0.2) is 24.3 Å². The van der Waals surface area contributed by atoms with Crippen LogP contribution in [0.3, 0.4) is 0 Å². The predicted molar refractivity (Wildman–Crippen MR) is 72.9 cm³/mol. The first kappa shape index (κ1) is 13.2. The van der Waals surface area contributed by atoms with Crippen molar-refractivity contribution in [2.75, 3.05) is 7.11 Å². The minimum absolute atomic E-state index is 0.105. The summed E-state index contributed by atoms with van der Waals surface area (Å²) in [7, 11) is 1.66. The number of nitrogens with two attached hydrogens (primary N) is 1. The Morgan fingerprint density at radius 2 is 1.89 bits per heavy atom. The van der Waals surface area contributed by atoms with Gasteiger partial charge in [0.05, 0.1) is 7.11 Å². The Morgan fingerprint density at radius 1 is 1.17 bits per heavy atom. The van der Waals surface area contributed by atoms with Crippen molar-refractivity contribution in [3.63, 3.8) is 0 Å². The maximum Gasteiger partial charge on any atom is 0.123 e. The molecule has 0 saturated heterocycles. The summed E-state index contributed by atoms with van der Waals surface area (Å²) in [5, 5.41) is 0. The Hall–Kier alpha value is -1.22. The van der Waals surface area contributed by atoms with Crippen molar-refractivity contribution < 1.29 is 9.47 Å². The zero-order valence-corrected chi connectivity index (χ0v) is 11.4. The molecule has 0 spiro atoms. The van der Waals surface area contributed by atoms with Gasteiger partial charge in [0.25, 0.3) is 0 Å². The summed E-state index contributed by atoms with van der Waals surface area (Å²) in [5.41, 5.74) is 6.22. The monoisotopic (exact) mass is 249 g/mol. The van der Waals surface area contributed by atoms with Gasteiger partial charge in [0.1, 0.15) is 17.6 Å². The summed E-state index contributed by atoms with van der Waals surface area (Å²) >= 11 is 0. The first-order valence-electron chi connectivity index (χ1n) is 6.66. The third-order valence-corrected chi connectivity index (χ3v) is 3.74. The third kappa shape index (κ3) is 2.96. The molecule has 0 amide bonds. The van der Waals surface area contributed by atoms with Crippen LogP contribution in [0, 0.1) is 11.8 Å². The molecule has 3 heteroatoms. The summed E-state index contributed by atoms with van der Waals surface area (Å²) in [4.78, 5) is 0. The zero-order chi connectivity index (χ0) is 13.1. The number of rotatable bonds is 3. The number of hydrogen-bond donors (Lipinski definition) is 1. The molecule has 3 nitrogen and oxygen atoms in total. The van der Waals surface area contributed by atoms with Gasteiger partial charge in [-0.3, -0.25) is 0 Å². The highest BCUT2D eigenvalue weighted by Gasteiger charge is 2.33. The van der Waals surface area contributed by atoms with E-state index >= 15 is 0 Å². The minimum Gasteiger partial charge on any atom is -0.497 e. The van der Waals surface area contributed by atoms with E-state index in [4.69, 9.17) is 15.2 Å². The van der Waals surface area contributed by atoms with Crippen LogP contribution in [0.5, 0.6) is 11.5 Å². The van der Waals surface area contributed by atoms with E-state index in [0.717, 1.165) is 17.9 Å². The fraction of sp³-hybridized carbons (Fsp3) is 0.600. The molecule has 4 atom stereocenters. The minimum atomic E-state index is 0.105. The van der Waals surface area contributed by atoms with Crippen LogP contribution in [0.2, 0.25) is 0 Å². The van der Waals surface area contributed by atoms with Crippen LogP contribution in [0.25, 0.3) is 0 Å². The molecule has 0 aromatic heterocycles. The molecule has 1 aliphatic carbocycles. The first-order chi connectivity index (χ1) is 8.60. The fourth-order valence-corrected chi connectivity index (χ4v) is 2.92. The predicted octanol–water partition coefficient (Wildman–Crippen LogP) is 2.84. The molecule has 0 heterocycles. The van der Waals surface area contributed by atoms with Gasteiger partial charge in [0.15, 0.2) is 0 Å². The van der Waals surface area contributed by atoms with Crippen LogP contribution in [0.1, 0.15) is 26.7 Å². The van der Waals surface area contributed by atoms with Gasteiger partial charge >= 0.3 is 0 Å². The van der Waals surface area contributed by atoms with Crippen LogP contribution >= 0.6 is 0 Å². The van der Waals surface area contributed by atoms with Crippen molar-refractivity contribution in [1.82, 2.24) is 0 Å². The summed E-state index contributed by atoms with van der Waals surface area (Å²) < 4.78 is 11.3. The molecule has 100 valence electrons. The maximum atomic E-state index is 6.22. The van der Waals surface area contributed by atoms with Crippen LogP contribution in [-0.4, -0.2) is 19.3 Å². The van der Waals surface area contributed by atoms with Crippen molar-refractivity contribution in [2.24, 2.45) is 17.6 Å². The average Bonchev–Trinajstić information content (AvgIpc) is 2.34. The van der Waals surface area contributed by atoms with E-state index in [0.29, 0.717) is 11.8 Å². The van der Waals surface area contributed by atoms with Gasteiger partial charge in [-0.25, -0.2) is 0 Å². The van der Waals surface area contributed by atoms with E-state index in [-0.39, 0.29) is 12.1 Å². The fourth-order valence-electron chi connectivity index (χ4n) is 2.92. The van der Waals surface area contributed by atoms with Crippen molar-refractivity contribution in [1.29, 1.82) is 0 Å². The second-order valence-corrected chi connectivity index (χ2v) is 5.48. The number of ether oxygens (including phenoxy) is 2. The lowest BCUT2D eigenvalue weighted by molar-refractivity contribution is 0.0624. The molecule has 1 fully saturated rings. The smallest absolute Gasteiger partial charge is 0.123 e. The molecule has 2 rings (SSSR count). The zero-order valence-electron chi connectivity index (χ0n) is 11.4. The Bertz CT molecular complexity index is 382. The molecule has 2 N–H and O–H groups in total. The largest absolute Gasteiger partial charge is 0.497 e. The standard InChI is InChI=1S/C15H23NO2/c1-10-7-11(2)15(14(16)8-10)18-13-6-4-5-12(9-13)17-3/h4-6,9-11,14-15H,7-8,16H2,1-3H3. The van der Waals surface area contributed by atoms with Gasteiger partial charge in [-0.05, 0) is 36.8 Å². The molecule has 1 saturated carbocycles. The number of hydrogen-bond acceptors (Lipinski definition) is 3. The van der Waals surface area contributed by atoms with E-state index in [1.165, 1.54) is 6.42 Å². The molecule has 0 radical (unpaired) electrons. The Balaban J connectivity index is 2.07. The lowest BCUT2D eigenvalue weighted by Crippen LogP contribution is -2.48. The van der Waals surface area contributed by atoms with Crippen molar-refractivity contribution in [3.8, 4) is 11.5 Å². The third-order valence-electron chi connectivity index (χ3n) is 3.74. The molecule has 1 aromatic rings. The quantitative estimate of drug-likeness (QED) is 0.896. The van der Waals surface area contributed by atoms with Gasteiger partial charge in [-0.15, -0.1) is 0 Å². The van der Waals surface area contributed by atoms with E-state index in [1.54, 1.807) is 7.11 Å². The van der Waals surface area contributed by atoms with Gasteiger partial charge in [-0.1, -0.05) is 19.9 Å². The molecular weight excluding hydrogens is 226 g/mol. The molecule has 1 aromatic carbocycles. The highest BCUT2D eigenvalue weighted by atomic mass is 16.5. The van der Waals surface area contributed by atoms with E-state index in [2.05, 4.69) is 13.8 Å². The van der Waals surface area contributed by atoms with Crippen molar-refractivity contribution in [2.45, 2.75) is 38.8 Å². The molecule has 18 heavy (non-hydrogen) atoms. The van der Waals surface area contributed by atoms with E-state index in [1.807, 2.05) is 24.3 Å². The lowest BCUT2D eigenvalue weighted by Gasteiger charge is -2.37. The summed E-state index contributed by atoms with van der Waals surface area (Å²) in [6.45, 7) is 4.48. The molecular formula is C15H23NO2. The second-order valence-electron chi connectivity index (χ2n) is 5.48. The lowest BCUT2D eigenvalue weighted by atomic mass is 9.78. The molecule has 1 aliphatic rings. The summed E-state index contributed by atoms with van der Waals surface area (Å²) in [5.74, 6) is 2.85. The van der Waals surface area contributed by atoms with E-state index < -0.39 is 0 Å². The van der Waals surface area contributed by atoms with Gasteiger partial charge in [0.2, 0.25) is 0 Å². The average molecular weight is 249 g/mol. The maximum absolute atomic E-state index is 6.22. The summed E-state index contributed by atoms with van der Waals surface area (Å²) in [6, 6.07) is 7.85. The normalized spacial score (nSPS) is 32.0. The molecule has 0 bridgehead atoms. The highest BCUT2D eigenvalue weighted by Crippen LogP contribution is 2.31. The van der Waals surface area contributed by atoms with E-state index in [9.17, 15) is 0 Å². The Labute approximate surface area is 109 Å². The number of methoxy groups -OCH3 is 1. The molecule has 4 unspecified atom stereocenters. The Kier molecular flexibility index (Phi) is 4.12. The van der Waals surface area contributed by atoms with Crippen LogP contribution in [0.4, 0.5) is 0 Å². The number of benzene rings is 1. The molecule has 0 aliphatic heterocycles. The van der Waals surface area contributed by atoms with Crippen LogP contribution < -0.4 is 15.2 Å². The first-order valence-corrected chi connectivity index (χ1v) is 6.66. The SMILES string of the molecule is COc1cccc(OC2C(C)CC(C)CC2N)c1. The van der Waals surface area contributed by atoms with Gasteiger partial charge in [-0.2, -0.15) is 0 Å². The van der Waals surface area contributed by atoms with Crippen molar-refractivity contribution >= 4 is 0 Å². The second kappa shape index (κ2) is 5.61. The van der Waals surface area contributed by atoms with Gasteiger partial charge < -0.3 is 15.2 Å².